The van der Waals surface area contributed by atoms with Gasteiger partial charge in [-0.2, -0.15) is 5.10 Å². The summed E-state index contributed by atoms with van der Waals surface area (Å²) in [6.07, 6.45) is 0.0300. The Labute approximate surface area is 171 Å². The standard InChI is InChI=1S/C18H34BrN3O2SSi/c1-13(24-26(9,10)18(6,7)8)12-22-15(11-16(19)20-22)14(2)21-25(23)17(3,4)5/h11,13H,12H2,1-10H3/t13-,25?/m0/s1. The molecule has 0 N–H and O–H groups in total. The van der Waals surface area contributed by atoms with E-state index in [4.69, 9.17) is 4.43 Å². The molecule has 1 aromatic rings. The third-order valence-electron chi connectivity index (χ3n) is 4.60. The van der Waals surface area contributed by atoms with Gasteiger partial charge >= 0.3 is 0 Å². The van der Waals surface area contributed by atoms with Crippen LogP contribution in [0, 0.1) is 0 Å². The van der Waals surface area contributed by atoms with Gasteiger partial charge in [-0.05, 0) is 68.7 Å². The number of hydrogen-bond acceptors (Lipinski definition) is 4. The lowest BCUT2D eigenvalue weighted by Crippen LogP contribution is -2.44. The average molecular weight is 465 g/mol. The lowest BCUT2D eigenvalue weighted by atomic mass is 10.2. The summed E-state index contributed by atoms with van der Waals surface area (Å²) < 4.78 is 25.4. The number of rotatable bonds is 6. The topological polar surface area (TPSA) is 62.5 Å². The van der Waals surface area contributed by atoms with Gasteiger partial charge in [0.1, 0.15) is 26.4 Å². The van der Waals surface area contributed by atoms with Crippen molar-refractivity contribution < 1.29 is 8.98 Å². The molecule has 0 saturated heterocycles. The van der Waals surface area contributed by atoms with E-state index in [0.29, 0.717) is 6.54 Å². The molecule has 0 amide bonds. The number of hydrogen-bond donors (Lipinski definition) is 0. The van der Waals surface area contributed by atoms with Gasteiger partial charge < -0.3 is 8.98 Å². The van der Waals surface area contributed by atoms with Crippen LogP contribution in [-0.2, 0) is 22.3 Å². The van der Waals surface area contributed by atoms with E-state index in [2.05, 4.69) is 66.2 Å². The normalized spacial score (nSPS) is 16.7. The maximum absolute atomic E-state index is 12.3. The SMILES string of the molecule is CC(=N[S+]([O-])C(C)(C)C)c1cc(Br)nn1C[C@H](C)O[Si](C)(C)C(C)(C)C. The van der Waals surface area contributed by atoms with Crippen molar-refractivity contribution in [3.05, 3.63) is 16.4 Å². The van der Waals surface area contributed by atoms with E-state index in [9.17, 15) is 4.55 Å². The molecular formula is C18H34BrN3O2SSi. The van der Waals surface area contributed by atoms with Crippen LogP contribution >= 0.6 is 15.9 Å². The van der Waals surface area contributed by atoms with Gasteiger partial charge in [0.15, 0.2) is 8.32 Å². The van der Waals surface area contributed by atoms with Crippen LogP contribution in [0.25, 0.3) is 0 Å². The molecule has 0 aliphatic carbocycles. The first-order valence-electron chi connectivity index (χ1n) is 8.93. The zero-order valence-corrected chi connectivity index (χ0v) is 21.2. The van der Waals surface area contributed by atoms with Crippen molar-refractivity contribution in [3.8, 4) is 0 Å². The predicted octanol–water partition coefficient (Wildman–Crippen LogP) is 5.33. The summed E-state index contributed by atoms with van der Waals surface area (Å²) in [5.41, 5.74) is 1.58. The number of aromatic nitrogens is 2. The summed E-state index contributed by atoms with van der Waals surface area (Å²) >= 11 is 2.15. The molecule has 0 fully saturated rings. The first-order valence-corrected chi connectivity index (χ1v) is 13.7. The quantitative estimate of drug-likeness (QED) is 0.325. The Kier molecular flexibility index (Phi) is 7.78. The molecular weight excluding hydrogens is 430 g/mol. The molecule has 0 aliphatic rings. The van der Waals surface area contributed by atoms with Gasteiger partial charge in [-0.1, -0.05) is 25.2 Å². The molecule has 26 heavy (non-hydrogen) atoms. The first kappa shape index (κ1) is 23.9. The molecule has 0 radical (unpaired) electrons. The highest BCUT2D eigenvalue weighted by Gasteiger charge is 2.38. The largest absolute Gasteiger partial charge is 0.591 e. The number of halogens is 1. The highest BCUT2D eigenvalue weighted by atomic mass is 79.9. The van der Waals surface area contributed by atoms with Crippen LogP contribution < -0.4 is 0 Å². The zero-order chi connectivity index (χ0) is 20.5. The monoisotopic (exact) mass is 463 g/mol. The van der Waals surface area contributed by atoms with Crippen LogP contribution in [0.1, 0.15) is 61.1 Å². The summed E-state index contributed by atoms with van der Waals surface area (Å²) in [5.74, 6) is 0. The lowest BCUT2D eigenvalue weighted by molar-refractivity contribution is 0.174. The maximum atomic E-state index is 12.3. The first-order chi connectivity index (χ1) is 11.5. The van der Waals surface area contributed by atoms with E-state index in [0.717, 1.165) is 16.0 Å². The molecule has 0 saturated carbocycles. The minimum absolute atomic E-state index is 0.0300. The van der Waals surface area contributed by atoms with Crippen LogP contribution in [0.5, 0.6) is 0 Å². The van der Waals surface area contributed by atoms with Crippen LogP contribution in [0.3, 0.4) is 0 Å². The molecule has 1 aromatic heterocycles. The molecule has 0 bridgehead atoms. The maximum Gasteiger partial charge on any atom is 0.192 e. The van der Waals surface area contributed by atoms with Crippen molar-refractivity contribution in [1.29, 1.82) is 0 Å². The van der Waals surface area contributed by atoms with Crippen LogP contribution in [0.15, 0.2) is 15.1 Å². The molecule has 0 spiro atoms. The molecule has 8 heteroatoms. The molecule has 2 atom stereocenters. The van der Waals surface area contributed by atoms with Crippen molar-refractivity contribution in [3.63, 3.8) is 0 Å². The minimum Gasteiger partial charge on any atom is -0.591 e. The van der Waals surface area contributed by atoms with Gasteiger partial charge in [0.05, 0.1) is 18.3 Å². The van der Waals surface area contributed by atoms with Gasteiger partial charge in [-0.25, -0.2) is 0 Å². The van der Waals surface area contributed by atoms with Gasteiger partial charge in [-0.3, -0.25) is 4.68 Å². The predicted molar refractivity (Wildman–Crippen MR) is 118 cm³/mol. The van der Waals surface area contributed by atoms with E-state index < -0.39 is 19.7 Å². The van der Waals surface area contributed by atoms with E-state index in [-0.39, 0.29) is 15.9 Å². The summed E-state index contributed by atoms with van der Waals surface area (Å²) in [6, 6.07) is 1.91. The van der Waals surface area contributed by atoms with Crippen molar-refractivity contribution in [2.45, 2.75) is 90.9 Å². The smallest absolute Gasteiger partial charge is 0.192 e. The van der Waals surface area contributed by atoms with Gasteiger partial charge in [0.2, 0.25) is 0 Å². The van der Waals surface area contributed by atoms with Gasteiger partial charge in [0.25, 0.3) is 0 Å². The summed E-state index contributed by atoms with van der Waals surface area (Å²) in [7, 11) is -1.84. The molecule has 0 aromatic carbocycles. The fourth-order valence-corrected chi connectivity index (χ4v) is 4.54. The van der Waals surface area contributed by atoms with E-state index in [1.165, 1.54) is 0 Å². The Morgan fingerprint density at radius 3 is 2.35 bits per heavy atom. The lowest BCUT2D eigenvalue weighted by Gasteiger charge is -2.38. The highest BCUT2D eigenvalue weighted by molar-refractivity contribution is 9.10. The minimum atomic E-state index is -1.84. The summed E-state index contributed by atoms with van der Waals surface area (Å²) in [4.78, 5) is 0. The molecule has 1 heterocycles. The second-order valence-corrected chi connectivity index (χ2v) is 16.7. The average Bonchev–Trinajstić information content (AvgIpc) is 2.76. The summed E-state index contributed by atoms with van der Waals surface area (Å²) in [5, 5.41) is 4.68. The Morgan fingerprint density at radius 2 is 1.88 bits per heavy atom. The van der Waals surface area contributed by atoms with E-state index in [1.807, 2.05) is 38.4 Å². The van der Waals surface area contributed by atoms with Crippen LogP contribution in [0.4, 0.5) is 0 Å². The third kappa shape index (κ3) is 6.47. The van der Waals surface area contributed by atoms with Gasteiger partial charge in [-0.15, -0.1) is 0 Å². The Bertz CT molecular complexity index is 648. The van der Waals surface area contributed by atoms with Crippen molar-refractivity contribution >= 4 is 41.3 Å². The van der Waals surface area contributed by atoms with Crippen molar-refractivity contribution in [2.75, 3.05) is 0 Å². The molecule has 0 aliphatic heterocycles. The van der Waals surface area contributed by atoms with Crippen LogP contribution in [-0.4, -0.2) is 39.2 Å². The van der Waals surface area contributed by atoms with Gasteiger partial charge in [0, 0.05) is 6.07 Å². The third-order valence-corrected chi connectivity index (χ3v) is 11.1. The van der Waals surface area contributed by atoms with E-state index in [1.54, 1.807) is 0 Å². The fourth-order valence-electron chi connectivity index (χ4n) is 2.08. The molecule has 150 valence electrons. The fraction of sp³-hybridized carbons (Fsp3) is 0.778. The molecule has 1 rings (SSSR count). The van der Waals surface area contributed by atoms with E-state index >= 15 is 0 Å². The zero-order valence-electron chi connectivity index (χ0n) is 17.8. The Morgan fingerprint density at radius 1 is 1.35 bits per heavy atom. The highest BCUT2D eigenvalue weighted by Crippen LogP contribution is 2.37. The molecule has 5 nitrogen and oxygen atoms in total. The number of nitrogens with zero attached hydrogens (tertiary/aromatic N) is 3. The van der Waals surface area contributed by atoms with Crippen molar-refractivity contribution in [1.82, 2.24) is 9.78 Å². The summed E-state index contributed by atoms with van der Waals surface area (Å²) in [6.45, 7) is 21.6. The van der Waals surface area contributed by atoms with Crippen LogP contribution in [0.2, 0.25) is 18.1 Å². The van der Waals surface area contributed by atoms with Crippen molar-refractivity contribution in [2.24, 2.45) is 4.40 Å². The Hall–Kier alpha value is -0.153. The Balaban J connectivity index is 3.02. The second-order valence-electron chi connectivity index (χ2n) is 9.26. The molecule has 1 unspecified atom stereocenters. The second kappa shape index (κ2) is 8.47.